The van der Waals surface area contributed by atoms with Crippen molar-refractivity contribution in [3.63, 3.8) is 0 Å². The molecule has 0 radical (unpaired) electrons. The number of aryl methyl sites for hydroxylation is 1. The maximum atomic E-state index is 11.9. The SMILES string of the molecule is Cc1ccc(CNC(=O)C(=O)N/N=C\c2ccc(OCc3ccccc3Cl)c(Cl)c2)cc1. The minimum Gasteiger partial charge on any atom is -0.487 e. The Kier molecular flexibility index (Phi) is 8.25. The molecule has 3 aromatic carbocycles. The average Bonchev–Trinajstić information content (AvgIpc) is 2.79. The van der Waals surface area contributed by atoms with Crippen molar-refractivity contribution < 1.29 is 14.3 Å². The average molecular weight is 470 g/mol. The number of carbonyl (C=O) groups is 2. The van der Waals surface area contributed by atoms with Gasteiger partial charge < -0.3 is 10.1 Å². The maximum Gasteiger partial charge on any atom is 0.329 e. The highest BCUT2D eigenvalue weighted by Crippen LogP contribution is 2.26. The van der Waals surface area contributed by atoms with Gasteiger partial charge in [0.05, 0.1) is 11.2 Å². The highest BCUT2D eigenvalue weighted by Gasteiger charge is 2.12. The third-order valence-corrected chi connectivity index (χ3v) is 5.12. The van der Waals surface area contributed by atoms with Crippen LogP contribution in [0, 0.1) is 6.92 Å². The Morgan fingerprint density at radius 1 is 0.969 bits per heavy atom. The van der Waals surface area contributed by atoms with Gasteiger partial charge in [0.15, 0.2) is 0 Å². The highest BCUT2D eigenvalue weighted by molar-refractivity contribution is 6.35. The molecule has 0 aromatic heterocycles. The monoisotopic (exact) mass is 469 g/mol. The molecule has 0 bridgehead atoms. The van der Waals surface area contributed by atoms with Gasteiger partial charge in [-0.05, 0) is 42.3 Å². The Balaban J connectivity index is 1.48. The number of rotatable bonds is 7. The molecule has 0 saturated heterocycles. The summed E-state index contributed by atoms with van der Waals surface area (Å²) in [6.07, 6.45) is 1.38. The molecular formula is C24H21Cl2N3O3. The summed E-state index contributed by atoms with van der Waals surface area (Å²) < 4.78 is 5.72. The number of carbonyl (C=O) groups excluding carboxylic acids is 2. The van der Waals surface area contributed by atoms with Crippen LogP contribution in [0.25, 0.3) is 0 Å². The van der Waals surface area contributed by atoms with Crippen LogP contribution in [0.1, 0.15) is 22.3 Å². The number of halogens is 2. The molecule has 6 nitrogen and oxygen atoms in total. The van der Waals surface area contributed by atoms with Gasteiger partial charge in [-0.2, -0.15) is 5.10 Å². The zero-order valence-electron chi connectivity index (χ0n) is 17.3. The molecule has 32 heavy (non-hydrogen) atoms. The van der Waals surface area contributed by atoms with Crippen LogP contribution in [0.4, 0.5) is 0 Å². The minimum absolute atomic E-state index is 0.251. The largest absolute Gasteiger partial charge is 0.487 e. The van der Waals surface area contributed by atoms with Gasteiger partial charge in [0, 0.05) is 17.1 Å². The van der Waals surface area contributed by atoms with Gasteiger partial charge in [-0.25, -0.2) is 5.43 Å². The molecule has 0 aliphatic rings. The van der Waals surface area contributed by atoms with Crippen molar-refractivity contribution in [2.45, 2.75) is 20.1 Å². The molecular weight excluding hydrogens is 449 g/mol. The molecule has 0 aliphatic heterocycles. The minimum atomic E-state index is -0.862. The quantitative estimate of drug-likeness (QED) is 0.300. The molecule has 3 rings (SSSR count). The maximum absolute atomic E-state index is 11.9. The smallest absolute Gasteiger partial charge is 0.329 e. The van der Waals surface area contributed by atoms with Gasteiger partial charge in [-0.1, -0.05) is 71.2 Å². The molecule has 164 valence electrons. The summed E-state index contributed by atoms with van der Waals surface area (Å²) in [5.74, 6) is -1.15. The number of amides is 2. The summed E-state index contributed by atoms with van der Waals surface area (Å²) in [7, 11) is 0. The van der Waals surface area contributed by atoms with Crippen LogP contribution >= 0.6 is 23.2 Å². The van der Waals surface area contributed by atoms with E-state index >= 15 is 0 Å². The van der Waals surface area contributed by atoms with Crippen molar-refractivity contribution >= 4 is 41.2 Å². The van der Waals surface area contributed by atoms with Crippen molar-refractivity contribution in [3.05, 3.63) is 99.0 Å². The molecule has 2 N–H and O–H groups in total. The van der Waals surface area contributed by atoms with Crippen LogP contribution in [0.5, 0.6) is 5.75 Å². The fourth-order valence-electron chi connectivity index (χ4n) is 2.67. The molecule has 0 saturated carbocycles. The third kappa shape index (κ3) is 6.83. The molecule has 0 aliphatic carbocycles. The second-order valence-corrected chi connectivity index (χ2v) is 7.75. The summed E-state index contributed by atoms with van der Waals surface area (Å²) >= 11 is 12.4. The van der Waals surface area contributed by atoms with Gasteiger partial charge in [-0.3, -0.25) is 9.59 Å². The summed E-state index contributed by atoms with van der Waals surface area (Å²) in [6, 6.07) is 20.1. The van der Waals surface area contributed by atoms with E-state index in [4.69, 9.17) is 27.9 Å². The Labute approximate surface area is 196 Å². The van der Waals surface area contributed by atoms with E-state index in [0.29, 0.717) is 21.4 Å². The van der Waals surface area contributed by atoms with Crippen molar-refractivity contribution in [3.8, 4) is 5.75 Å². The summed E-state index contributed by atoms with van der Waals surface area (Å²) in [6.45, 7) is 2.50. The molecule has 2 amide bonds. The molecule has 0 fully saturated rings. The fraction of sp³-hybridized carbons (Fsp3) is 0.125. The van der Waals surface area contributed by atoms with Gasteiger partial charge in [0.2, 0.25) is 0 Å². The predicted molar refractivity (Wildman–Crippen MR) is 126 cm³/mol. The van der Waals surface area contributed by atoms with Crippen LogP contribution in [-0.4, -0.2) is 18.0 Å². The zero-order valence-corrected chi connectivity index (χ0v) is 18.8. The second kappa shape index (κ2) is 11.3. The van der Waals surface area contributed by atoms with E-state index in [1.807, 2.05) is 49.4 Å². The Hall–Kier alpha value is -3.35. The van der Waals surface area contributed by atoms with Gasteiger partial charge in [0.25, 0.3) is 0 Å². The lowest BCUT2D eigenvalue weighted by atomic mass is 10.1. The second-order valence-electron chi connectivity index (χ2n) is 6.94. The number of nitrogens with zero attached hydrogens (tertiary/aromatic N) is 1. The van der Waals surface area contributed by atoms with E-state index < -0.39 is 11.8 Å². The summed E-state index contributed by atoms with van der Waals surface area (Å²) in [4.78, 5) is 23.8. The van der Waals surface area contributed by atoms with Crippen LogP contribution in [0.15, 0.2) is 71.8 Å². The molecule has 3 aromatic rings. The van der Waals surface area contributed by atoms with Crippen LogP contribution < -0.4 is 15.5 Å². The standard InChI is InChI=1S/C24H21Cl2N3O3/c1-16-6-8-17(9-7-16)13-27-23(30)24(31)29-28-14-18-10-11-22(21(26)12-18)32-15-19-4-2-3-5-20(19)25/h2-12,14H,13,15H2,1H3,(H,27,30)(H,29,31)/b28-14-. The Bertz CT molecular complexity index is 1130. The highest BCUT2D eigenvalue weighted by atomic mass is 35.5. The molecule has 0 atom stereocenters. The molecule has 0 heterocycles. The fourth-order valence-corrected chi connectivity index (χ4v) is 3.10. The lowest BCUT2D eigenvalue weighted by molar-refractivity contribution is -0.139. The van der Waals surface area contributed by atoms with Gasteiger partial charge in [0.1, 0.15) is 12.4 Å². The number of ether oxygens (including phenoxy) is 1. The first-order chi connectivity index (χ1) is 15.4. The Morgan fingerprint density at radius 3 is 2.44 bits per heavy atom. The summed E-state index contributed by atoms with van der Waals surface area (Å²) in [5.41, 5.74) is 5.68. The van der Waals surface area contributed by atoms with Crippen molar-refractivity contribution in [1.82, 2.24) is 10.7 Å². The van der Waals surface area contributed by atoms with E-state index in [9.17, 15) is 9.59 Å². The molecule has 0 unspecified atom stereocenters. The summed E-state index contributed by atoms with van der Waals surface area (Å²) in [5, 5.41) is 7.34. The van der Waals surface area contributed by atoms with Crippen molar-refractivity contribution in [2.24, 2.45) is 5.10 Å². The number of nitrogens with one attached hydrogen (secondary N) is 2. The van der Waals surface area contributed by atoms with E-state index in [0.717, 1.165) is 16.7 Å². The van der Waals surface area contributed by atoms with Crippen LogP contribution in [0.2, 0.25) is 10.0 Å². The number of benzene rings is 3. The number of hydrazone groups is 1. The first-order valence-electron chi connectivity index (χ1n) is 9.75. The third-order valence-electron chi connectivity index (χ3n) is 4.46. The van der Waals surface area contributed by atoms with Crippen LogP contribution in [-0.2, 0) is 22.7 Å². The van der Waals surface area contributed by atoms with E-state index in [-0.39, 0.29) is 13.2 Å². The van der Waals surface area contributed by atoms with Crippen molar-refractivity contribution in [2.75, 3.05) is 0 Å². The molecule has 0 spiro atoms. The molecule has 8 heteroatoms. The Morgan fingerprint density at radius 2 is 1.72 bits per heavy atom. The van der Waals surface area contributed by atoms with Crippen LogP contribution in [0.3, 0.4) is 0 Å². The predicted octanol–water partition coefficient (Wildman–Crippen LogP) is 4.65. The normalized spacial score (nSPS) is 10.7. The zero-order chi connectivity index (χ0) is 22.9. The van der Waals surface area contributed by atoms with E-state index in [1.54, 1.807) is 24.3 Å². The first-order valence-corrected chi connectivity index (χ1v) is 10.5. The topological polar surface area (TPSA) is 79.8 Å². The van der Waals surface area contributed by atoms with Gasteiger partial charge in [-0.15, -0.1) is 0 Å². The lowest BCUT2D eigenvalue weighted by Gasteiger charge is -2.09. The van der Waals surface area contributed by atoms with E-state index in [2.05, 4.69) is 15.8 Å². The first kappa shape index (κ1) is 23.3. The number of hydrogen-bond donors (Lipinski definition) is 2. The van der Waals surface area contributed by atoms with Crippen molar-refractivity contribution in [1.29, 1.82) is 0 Å². The van der Waals surface area contributed by atoms with E-state index in [1.165, 1.54) is 6.21 Å². The number of hydrogen-bond acceptors (Lipinski definition) is 4. The lowest BCUT2D eigenvalue weighted by Crippen LogP contribution is -2.37. The van der Waals surface area contributed by atoms with Gasteiger partial charge >= 0.3 is 11.8 Å².